The van der Waals surface area contributed by atoms with Gasteiger partial charge in [-0.05, 0) is 83.5 Å². The topological polar surface area (TPSA) is 111 Å². The lowest BCUT2D eigenvalue weighted by molar-refractivity contribution is -0.870. The highest BCUT2D eigenvalue weighted by molar-refractivity contribution is 7.45. The second-order valence-corrected chi connectivity index (χ2v) is 27.0. The summed E-state index contributed by atoms with van der Waals surface area (Å²) >= 11 is 0. The molecule has 0 aliphatic heterocycles. The number of rotatable bonds is 67. The Labute approximate surface area is 521 Å². The molecule has 2 atom stereocenters. The monoisotopic (exact) mass is 1200 g/mol. The number of hydrogen-bond donors (Lipinski definition) is 0. The van der Waals surface area contributed by atoms with Crippen LogP contribution in [0.1, 0.15) is 348 Å². The third-order valence-corrected chi connectivity index (χ3v) is 17.0. The normalized spacial score (nSPS) is 13.5. The highest BCUT2D eigenvalue weighted by atomic mass is 31.2. The second kappa shape index (κ2) is 65.2. The first kappa shape index (κ1) is 81.7. The van der Waals surface area contributed by atoms with Gasteiger partial charge in [0.15, 0.2) is 6.10 Å². The molecule has 0 aromatic heterocycles. The summed E-state index contributed by atoms with van der Waals surface area (Å²) in [4.78, 5) is 38.1. The summed E-state index contributed by atoms with van der Waals surface area (Å²) in [5.74, 6) is -0.820. The number of carbonyl (C=O) groups excluding carboxylic acids is 2. The van der Waals surface area contributed by atoms with E-state index in [2.05, 4.69) is 74.6 Å². The zero-order chi connectivity index (χ0) is 61.2. The first-order valence-corrected chi connectivity index (χ1v) is 37.5. The third kappa shape index (κ3) is 68.8. The number of phosphoric ester groups is 1. The fourth-order valence-electron chi connectivity index (χ4n) is 10.5. The van der Waals surface area contributed by atoms with Crippen LogP contribution in [-0.4, -0.2) is 70.0 Å². The Balaban J connectivity index is 3.97. The van der Waals surface area contributed by atoms with E-state index in [1.165, 1.54) is 263 Å². The van der Waals surface area contributed by atoms with Crippen molar-refractivity contribution in [3.8, 4) is 0 Å². The minimum Gasteiger partial charge on any atom is -0.756 e. The SMILES string of the molecule is CCCCCCC/C=C\C/C=C\C/C=C\CCCCCCCCCCCCCCCCCCCCCCCCC(=O)OC(COC(=O)CCCCCCCCCCCCC/C=C\C/C=C\CCCCCCC)COP(=O)([O-])OCC[N+](C)(C)C. The zero-order valence-corrected chi connectivity index (χ0v) is 57.0. The van der Waals surface area contributed by atoms with Gasteiger partial charge in [0.1, 0.15) is 19.8 Å². The van der Waals surface area contributed by atoms with Gasteiger partial charge in [0.25, 0.3) is 7.82 Å². The molecule has 0 heterocycles. The Bertz CT molecular complexity index is 1600. The maximum atomic E-state index is 12.9. The van der Waals surface area contributed by atoms with E-state index >= 15 is 0 Å². The molecule has 0 spiro atoms. The van der Waals surface area contributed by atoms with Crippen LogP contribution in [0.25, 0.3) is 0 Å². The maximum Gasteiger partial charge on any atom is 0.306 e. The fourth-order valence-corrected chi connectivity index (χ4v) is 11.2. The first-order valence-electron chi connectivity index (χ1n) is 36.0. The zero-order valence-electron chi connectivity index (χ0n) is 56.1. The number of likely N-dealkylation sites (N-methyl/N-ethyl adjacent to an activating group) is 1. The quantitative estimate of drug-likeness (QED) is 0.0195. The molecule has 0 bridgehead atoms. The lowest BCUT2D eigenvalue weighted by Crippen LogP contribution is -2.37. The molecule has 84 heavy (non-hydrogen) atoms. The van der Waals surface area contributed by atoms with Crippen LogP contribution in [0, 0.1) is 0 Å². The summed E-state index contributed by atoms with van der Waals surface area (Å²) in [7, 11) is 1.18. The van der Waals surface area contributed by atoms with Crippen molar-refractivity contribution < 1.29 is 42.1 Å². The van der Waals surface area contributed by atoms with Crippen molar-refractivity contribution in [3.63, 3.8) is 0 Å². The van der Waals surface area contributed by atoms with E-state index in [9.17, 15) is 19.0 Å². The van der Waals surface area contributed by atoms with Crippen molar-refractivity contribution in [1.29, 1.82) is 0 Å². The molecular weight excluding hydrogens is 1060 g/mol. The smallest absolute Gasteiger partial charge is 0.306 e. The Morgan fingerprint density at radius 3 is 0.952 bits per heavy atom. The lowest BCUT2D eigenvalue weighted by atomic mass is 10.0. The Morgan fingerprint density at radius 2 is 0.643 bits per heavy atom. The van der Waals surface area contributed by atoms with E-state index < -0.39 is 26.5 Å². The largest absolute Gasteiger partial charge is 0.756 e. The van der Waals surface area contributed by atoms with Gasteiger partial charge in [0, 0.05) is 12.8 Å². The molecule has 9 nitrogen and oxygen atoms in total. The molecule has 0 amide bonds. The van der Waals surface area contributed by atoms with Crippen LogP contribution in [0.4, 0.5) is 0 Å². The Hall–Kier alpha value is -2.29. The third-order valence-electron chi connectivity index (χ3n) is 16.0. The summed E-state index contributed by atoms with van der Waals surface area (Å²) < 4.78 is 34.3. The van der Waals surface area contributed by atoms with Gasteiger partial charge >= 0.3 is 11.9 Å². The van der Waals surface area contributed by atoms with E-state index in [4.69, 9.17) is 18.5 Å². The van der Waals surface area contributed by atoms with Crippen molar-refractivity contribution in [3.05, 3.63) is 60.8 Å². The summed E-state index contributed by atoms with van der Waals surface area (Å²) in [6, 6.07) is 0. The number of hydrogen-bond acceptors (Lipinski definition) is 8. The summed E-state index contributed by atoms with van der Waals surface area (Å²) in [5.41, 5.74) is 0. The molecule has 0 aromatic rings. The molecular formula is C74H138NO8P. The van der Waals surface area contributed by atoms with Crippen molar-refractivity contribution in [2.75, 3.05) is 47.5 Å². The highest BCUT2D eigenvalue weighted by Crippen LogP contribution is 2.38. The number of esters is 2. The van der Waals surface area contributed by atoms with E-state index in [1.807, 2.05) is 21.1 Å². The predicted molar refractivity (Wildman–Crippen MR) is 360 cm³/mol. The van der Waals surface area contributed by atoms with E-state index in [1.54, 1.807) is 0 Å². The molecule has 0 aliphatic carbocycles. The molecule has 0 fully saturated rings. The average Bonchev–Trinajstić information content (AvgIpc) is 3.61. The van der Waals surface area contributed by atoms with Crippen LogP contribution < -0.4 is 4.89 Å². The number of unbranched alkanes of at least 4 members (excludes halogenated alkanes) is 43. The van der Waals surface area contributed by atoms with Gasteiger partial charge in [-0.25, -0.2) is 0 Å². The molecule has 0 N–H and O–H groups in total. The maximum absolute atomic E-state index is 12.9. The average molecular weight is 1200 g/mol. The van der Waals surface area contributed by atoms with Crippen molar-refractivity contribution in [2.24, 2.45) is 0 Å². The number of carbonyl (C=O) groups is 2. The Kier molecular flexibility index (Phi) is 63.4. The summed E-state index contributed by atoms with van der Waals surface area (Å²) in [5, 5.41) is 0. The minimum absolute atomic E-state index is 0.0303. The molecule has 492 valence electrons. The predicted octanol–water partition coefficient (Wildman–Crippen LogP) is 22.8. The van der Waals surface area contributed by atoms with Crippen LogP contribution in [-0.2, 0) is 32.7 Å². The molecule has 0 radical (unpaired) electrons. The molecule has 2 unspecified atom stereocenters. The number of ether oxygens (including phenoxy) is 2. The highest BCUT2D eigenvalue weighted by Gasteiger charge is 2.22. The van der Waals surface area contributed by atoms with Gasteiger partial charge in [-0.3, -0.25) is 14.2 Å². The second-order valence-electron chi connectivity index (χ2n) is 25.6. The van der Waals surface area contributed by atoms with Gasteiger partial charge in [0.2, 0.25) is 0 Å². The van der Waals surface area contributed by atoms with Gasteiger partial charge in [0.05, 0.1) is 27.7 Å². The van der Waals surface area contributed by atoms with Crippen LogP contribution >= 0.6 is 7.82 Å². The number of allylic oxidation sites excluding steroid dienone is 10. The van der Waals surface area contributed by atoms with Gasteiger partial charge in [-0.15, -0.1) is 0 Å². The van der Waals surface area contributed by atoms with Crippen LogP contribution in [0.3, 0.4) is 0 Å². The molecule has 0 aromatic carbocycles. The van der Waals surface area contributed by atoms with Crippen LogP contribution in [0.2, 0.25) is 0 Å². The molecule has 10 heteroatoms. The van der Waals surface area contributed by atoms with Gasteiger partial charge < -0.3 is 27.9 Å². The van der Waals surface area contributed by atoms with E-state index in [0.29, 0.717) is 17.4 Å². The first-order chi connectivity index (χ1) is 41.0. The summed E-state index contributed by atoms with van der Waals surface area (Å²) in [6.07, 6.45) is 86.0. The standard InChI is InChI=1S/C74H138NO8P/c1-6-8-10-12-14-16-18-20-22-24-26-28-30-31-32-33-34-35-36-37-38-39-40-41-42-43-45-47-49-51-53-55-57-59-61-63-65-67-74(77)83-72(71-82-84(78,79)81-69-68-75(3,4)5)70-80-73(76)66-64-62-60-58-56-54-52-50-48-46-44-29-27-25-23-21-19-17-15-13-11-9-7-2/h18-21,24-27,30-31,72H,6-17,22-23,28-29,32-71H2,1-5H3/b20-18-,21-19-,26-24-,27-25-,31-30-. The van der Waals surface area contributed by atoms with Crippen molar-refractivity contribution >= 4 is 19.8 Å². The number of phosphoric acid groups is 1. The molecule has 0 saturated heterocycles. The van der Waals surface area contributed by atoms with Gasteiger partial charge in [-0.1, -0.05) is 312 Å². The number of nitrogens with zero attached hydrogens (tertiary/aromatic N) is 1. The van der Waals surface area contributed by atoms with E-state index in [-0.39, 0.29) is 32.0 Å². The van der Waals surface area contributed by atoms with Crippen LogP contribution in [0.15, 0.2) is 60.8 Å². The van der Waals surface area contributed by atoms with E-state index in [0.717, 1.165) is 51.4 Å². The van der Waals surface area contributed by atoms with Crippen molar-refractivity contribution in [2.45, 2.75) is 354 Å². The van der Waals surface area contributed by atoms with Gasteiger partial charge in [-0.2, -0.15) is 0 Å². The molecule has 0 rings (SSSR count). The Morgan fingerprint density at radius 1 is 0.369 bits per heavy atom. The lowest BCUT2D eigenvalue weighted by Gasteiger charge is -2.28. The fraction of sp³-hybridized carbons (Fsp3) is 0.838. The van der Waals surface area contributed by atoms with Crippen LogP contribution in [0.5, 0.6) is 0 Å². The molecule has 0 aliphatic rings. The minimum atomic E-state index is -4.64. The summed E-state index contributed by atoms with van der Waals surface area (Å²) in [6.45, 7) is 4.27. The van der Waals surface area contributed by atoms with Crippen molar-refractivity contribution in [1.82, 2.24) is 0 Å². The molecule has 0 saturated carbocycles. The number of quaternary nitrogens is 1.